The molecular weight excluding hydrogens is 593 g/mol. The van der Waals surface area contributed by atoms with E-state index in [9.17, 15) is 19.8 Å². The van der Waals surface area contributed by atoms with Crippen LogP contribution in [0.4, 0.5) is 0 Å². The molecule has 0 radical (unpaired) electrons. The number of hydrogen-bond acceptors (Lipinski definition) is 6. The van der Waals surface area contributed by atoms with Crippen LogP contribution in [0.15, 0.2) is 24.3 Å². The maximum absolute atomic E-state index is 11.6. The average molecular weight is 629 g/mol. The normalized spacial score (nSPS) is 16.2. The largest absolute Gasteiger partial charge is 0.481 e. The van der Waals surface area contributed by atoms with E-state index in [1.54, 1.807) is 0 Å². The van der Waals surface area contributed by atoms with Crippen molar-refractivity contribution in [2.24, 2.45) is 0 Å². The van der Waals surface area contributed by atoms with E-state index in [1.807, 2.05) is 31.7 Å². The van der Waals surface area contributed by atoms with E-state index in [-0.39, 0.29) is 12.8 Å². The summed E-state index contributed by atoms with van der Waals surface area (Å²) >= 11 is 6.46. The minimum Gasteiger partial charge on any atom is -0.481 e. The molecule has 1 fully saturated rings. The molecule has 0 spiro atoms. The lowest BCUT2D eigenvalue weighted by Crippen LogP contribution is -1.98. The number of allylic oxidation sites excluding steroid dienone is 3. The molecule has 0 unspecified atom stereocenters. The zero-order valence-electron chi connectivity index (χ0n) is 25.3. The third-order valence-electron chi connectivity index (χ3n) is 8.91. The van der Waals surface area contributed by atoms with E-state index in [2.05, 4.69) is 54.6 Å². The number of carboxylic acids is 2. The summed E-state index contributed by atoms with van der Waals surface area (Å²) in [6.07, 6.45) is 1.49. The molecular formula is C34H36N4O4S2. The first-order valence-corrected chi connectivity index (χ1v) is 16.5. The maximum atomic E-state index is 11.6. The van der Waals surface area contributed by atoms with Crippen LogP contribution in [0.25, 0.3) is 44.4 Å². The Labute approximate surface area is 265 Å². The second-order valence-electron chi connectivity index (χ2n) is 11.7. The third kappa shape index (κ3) is 5.73. The number of aliphatic carboxylic acids is 2. The highest BCUT2D eigenvalue weighted by Gasteiger charge is 2.33. The molecule has 228 valence electrons. The van der Waals surface area contributed by atoms with Crippen LogP contribution in [0.2, 0.25) is 0 Å². The van der Waals surface area contributed by atoms with Gasteiger partial charge in [0.1, 0.15) is 0 Å². The van der Waals surface area contributed by atoms with Crippen molar-refractivity contribution in [2.75, 3.05) is 11.5 Å². The molecule has 1 saturated heterocycles. The van der Waals surface area contributed by atoms with Gasteiger partial charge in [-0.15, -0.1) is 0 Å². The van der Waals surface area contributed by atoms with Gasteiger partial charge in [-0.25, -0.2) is 9.97 Å². The van der Waals surface area contributed by atoms with Gasteiger partial charge in [-0.2, -0.15) is 24.4 Å². The quantitative estimate of drug-likeness (QED) is 0.124. The van der Waals surface area contributed by atoms with Gasteiger partial charge in [0.2, 0.25) is 0 Å². The Kier molecular flexibility index (Phi) is 8.24. The van der Waals surface area contributed by atoms with Crippen LogP contribution < -0.4 is 0 Å². The van der Waals surface area contributed by atoms with Crippen molar-refractivity contribution in [3.05, 3.63) is 69.3 Å². The Bertz CT molecular complexity index is 1950. The number of rotatable bonds is 9. The first kappa shape index (κ1) is 30.3. The fourth-order valence-electron chi connectivity index (χ4n) is 6.34. The van der Waals surface area contributed by atoms with Gasteiger partial charge in [-0.05, 0) is 122 Å². The molecule has 8 nitrogen and oxygen atoms in total. The molecule has 3 aliphatic rings. The first-order chi connectivity index (χ1) is 21.0. The lowest BCUT2D eigenvalue weighted by Gasteiger charge is -2.02. The van der Waals surface area contributed by atoms with E-state index in [1.165, 1.54) is 5.57 Å². The molecule has 0 aliphatic carbocycles. The number of aromatic nitrogens is 4. The van der Waals surface area contributed by atoms with Gasteiger partial charge in [-0.3, -0.25) is 9.59 Å². The fraction of sp³-hybridized carbons (Fsp3) is 0.353. The van der Waals surface area contributed by atoms with Crippen LogP contribution >= 0.6 is 24.4 Å². The van der Waals surface area contributed by atoms with E-state index >= 15 is 0 Å². The minimum absolute atomic E-state index is 0.00147. The summed E-state index contributed by atoms with van der Waals surface area (Å²) in [5.74, 6) is 0.0383. The van der Waals surface area contributed by atoms with Gasteiger partial charge in [0.15, 0.2) is 0 Å². The molecule has 0 aromatic carbocycles. The van der Waals surface area contributed by atoms with Gasteiger partial charge >= 0.3 is 11.9 Å². The zero-order valence-corrected chi connectivity index (χ0v) is 27.0. The van der Waals surface area contributed by atoms with Crippen molar-refractivity contribution in [2.45, 2.75) is 65.0 Å². The number of fused-ring (bicyclic) bond motifs is 8. The molecule has 0 amide bonds. The van der Waals surface area contributed by atoms with Crippen molar-refractivity contribution >= 4 is 80.7 Å². The summed E-state index contributed by atoms with van der Waals surface area (Å²) in [6.45, 7) is 8.26. The van der Waals surface area contributed by atoms with Gasteiger partial charge < -0.3 is 20.2 Å². The molecule has 6 rings (SSSR count). The van der Waals surface area contributed by atoms with Crippen LogP contribution in [-0.4, -0.2) is 58.8 Å². The second kappa shape index (κ2) is 12.0. The molecule has 1 atom stereocenters. The van der Waals surface area contributed by atoms with E-state index < -0.39 is 11.9 Å². The van der Waals surface area contributed by atoms with Crippen molar-refractivity contribution in [1.82, 2.24) is 19.9 Å². The zero-order chi connectivity index (χ0) is 31.3. The van der Waals surface area contributed by atoms with Crippen LogP contribution in [-0.2, 0) is 22.4 Å². The number of nitrogens with zero attached hydrogens (tertiary/aromatic N) is 2. The fourth-order valence-corrected chi connectivity index (χ4v) is 7.29. The third-order valence-corrected chi connectivity index (χ3v) is 10.0. The predicted octanol–water partition coefficient (Wildman–Crippen LogP) is 7.26. The number of aryl methyl sites for hydroxylation is 4. The Morgan fingerprint density at radius 1 is 0.773 bits per heavy atom. The van der Waals surface area contributed by atoms with Crippen molar-refractivity contribution in [3.63, 3.8) is 0 Å². The molecule has 0 saturated carbocycles. The molecule has 3 aliphatic heterocycles. The molecule has 6 heterocycles. The maximum Gasteiger partial charge on any atom is 0.303 e. The smallest absolute Gasteiger partial charge is 0.303 e. The Morgan fingerprint density at radius 3 is 1.82 bits per heavy atom. The van der Waals surface area contributed by atoms with E-state index in [0.29, 0.717) is 23.8 Å². The molecule has 3 aromatic heterocycles. The summed E-state index contributed by atoms with van der Waals surface area (Å²) in [6, 6.07) is 8.24. The van der Waals surface area contributed by atoms with Crippen molar-refractivity contribution in [1.29, 1.82) is 0 Å². The molecule has 8 bridgehead atoms. The number of carboxylic acid groups (broad SMARTS) is 2. The summed E-state index contributed by atoms with van der Waals surface area (Å²) < 4.78 is 0. The van der Waals surface area contributed by atoms with Gasteiger partial charge in [-0.1, -0.05) is 0 Å². The summed E-state index contributed by atoms with van der Waals surface area (Å²) in [7, 11) is 0. The van der Waals surface area contributed by atoms with Crippen LogP contribution in [0, 0.1) is 13.8 Å². The Hall–Kier alpha value is -3.76. The van der Waals surface area contributed by atoms with E-state index in [4.69, 9.17) is 9.97 Å². The average Bonchev–Trinajstić information content (AvgIpc) is 3.53. The molecule has 10 heteroatoms. The SMILES string of the molecule is CC1=C(CCS)c2cc3[nH]c(cc4[nH]c(cc5nc(cc1n2)C([C@@H]1CS1)=C5C)c(C)c4CCC(=O)O)c(CCC(=O)O)c3C. The number of H-pyrrole nitrogens is 2. The van der Waals surface area contributed by atoms with Crippen molar-refractivity contribution in [3.8, 4) is 0 Å². The Morgan fingerprint density at radius 2 is 1.30 bits per heavy atom. The molecule has 3 aromatic rings. The second-order valence-corrected chi connectivity index (χ2v) is 13.4. The Balaban J connectivity index is 1.73. The van der Waals surface area contributed by atoms with Gasteiger partial charge in [0, 0.05) is 45.9 Å². The monoisotopic (exact) mass is 628 g/mol. The summed E-state index contributed by atoms with van der Waals surface area (Å²) in [5.41, 5.74) is 15.4. The van der Waals surface area contributed by atoms with E-state index in [0.717, 1.165) is 96.0 Å². The van der Waals surface area contributed by atoms with Crippen LogP contribution in [0.5, 0.6) is 0 Å². The lowest BCUT2D eigenvalue weighted by molar-refractivity contribution is -0.138. The van der Waals surface area contributed by atoms with Gasteiger partial charge in [0.05, 0.1) is 22.8 Å². The van der Waals surface area contributed by atoms with Crippen LogP contribution in [0.1, 0.15) is 78.1 Å². The predicted molar refractivity (Wildman–Crippen MR) is 182 cm³/mol. The van der Waals surface area contributed by atoms with Gasteiger partial charge in [0.25, 0.3) is 0 Å². The topological polar surface area (TPSA) is 132 Å². The highest BCUT2D eigenvalue weighted by molar-refractivity contribution is 8.07. The van der Waals surface area contributed by atoms with Crippen LogP contribution in [0.3, 0.4) is 0 Å². The van der Waals surface area contributed by atoms with Crippen molar-refractivity contribution < 1.29 is 19.8 Å². The molecule has 4 N–H and O–H groups in total. The minimum atomic E-state index is -0.861. The molecule has 44 heavy (non-hydrogen) atoms. The first-order valence-electron chi connectivity index (χ1n) is 14.9. The summed E-state index contributed by atoms with van der Waals surface area (Å²) in [5, 5.41) is 19.4. The number of aromatic amines is 2. The summed E-state index contributed by atoms with van der Waals surface area (Å²) in [4.78, 5) is 40.6. The number of carbonyl (C=O) groups is 2. The number of thioether (sulfide) groups is 1. The highest BCUT2D eigenvalue weighted by Crippen LogP contribution is 2.47. The standard InChI is InChI=1S/C34H36N4O4S2/c1-16-20(5-7-32(39)40)28-14-29-21(6-8-33(41)42)17(2)24(36-29)12-27-22(9-10-43)18(3)25(37-27)13-30-34(31-15-44-31)19(4)26(38-30)11-23(16)35-28/h11-14,31,35-36,43H,5-10,15H2,1-4H3,(H,39,40)(H,41,42)/t31-/m0/s1. The highest BCUT2D eigenvalue weighted by atomic mass is 32.2. The lowest BCUT2D eigenvalue weighted by atomic mass is 10.0. The number of hydrogen-bond donors (Lipinski definition) is 5. The number of thiol groups is 1. The number of nitrogens with one attached hydrogen (secondary N) is 2.